The third-order valence-electron chi connectivity index (χ3n) is 5.15. The van der Waals surface area contributed by atoms with E-state index in [2.05, 4.69) is 48.3 Å². The van der Waals surface area contributed by atoms with E-state index in [-0.39, 0.29) is 11.8 Å². The van der Waals surface area contributed by atoms with E-state index in [9.17, 15) is 9.59 Å². The smallest absolute Gasteiger partial charge is 0.251 e. The summed E-state index contributed by atoms with van der Waals surface area (Å²) in [6.07, 6.45) is 1.56. The highest BCUT2D eigenvalue weighted by Gasteiger charge is 2.20. The van der Waals surface area contributed by atoms with Crippen molar-refractivity contribution in [2.24, 2.45) is 0 Å². The van der Waals surface area contributed by atoms with Crippen LogP contribution in [0.25, 0.3) is 0 Å². The van der Waals surface area contributed by atoms with Gasteiger partial charge in [-0.05, 0) is 55.7 Å². The molecular formula is C23H29N3O2. The molecule has 0 radical (unpaired) electrons. The minimum absolute atomic E-state index is 0.0742. The number of hydrogen-bond donors (Lipinski definition) is 1. The molecule has 1 N–H and O–H groups in total. The maximum Gasteiger partial charge on any atom is 0.251 e. The summed E-state index contributed by atoms with van der Waals surface area (Å²) < 4.78 is 0. The number of nitrogens with one attached hydrogen (secondary N) is 1. The predicted molar refractivity (Wildman–Crippen MR) is 112 cm³/mol. The number of nitrogens with zero attached hydrogens (tertiary/aromatic N) is 2. The van der Waals surface area contributed by atoms with E-state index < -0.39 is 0 Å². The van der Waals surface area contributed by atoms with E-state index in [4.69, 9.17) is 0 Å². The first kappa shape index (κ1) is 19.9. The van der Waals surface area contributed by atoms with Crippen molar-refractivity contribution in [3.8, 4) is 0 Å². The van der Waals surface area contributed by atoms with Gasteiger partial charge in [0.1, 0.15) is 0 Å². The van der Waals surface area contributed by atoms with Gasteiger partial charge in [-0.3, -0.25) is 9.59 Å². The summed E-state index contributed by atoms with van der Waals surface area (Å²) in [6.45, 7) is 7.81. The third kappa shape index (κ3) is 5.12. The topological polar surface area (TPSA) is 52.7 Å². The molecule has 5 heteroatoms. The quantitative estimate of drug-likeness (QED) is 0.765. The Kier molecular flexibility index (Phi) is 6.69. The number of rotatable bonds is 8. The van der Waals surface area contributed by atoms with Crippen LogP contribution in [0.5, 0.6) is 0 Å². The Bertz CT molecular complexity index is 834. The Labute approximate surface area is 167 Å². The molecule has 1 fully saturated rings. The molecule has 148 valence electrons. The SMILES string of the molecule is CCN(CCNC(=O)c1cccc(CN2CCCC2=O)c1)c1cccc(C)c1. The number of hydrogen-bond acceptors (Lipinski definition) is 3. The average Bonchev–Trinajstić information content (AvgIpc) is 3.10. The van der Waals surface area contributed by atoms with Crippen LogP contribution in [0.15, 0.2) is 48.5 Å². The second kappa shape index (κ2) is 9.40. The van der Waals surface area contributed by atoms with Gasteiger partial charge in [0.25, 0.3) is 5.91 Å². The first-order chi connectivity index (χ1) is 13.6. The third-order valence-corrected chi connectivity index (χ3v) is 5.15. The largest absolute Gasteiger partial charge is 0.370 e. The fourth-order valence-corrected chi connectivity index (χ4v) is 3.60. The fraction of sp³-hybridized carbons (Fsp3) is 0.391. The van der Waals surface area contributed by atoms with Crippen LogP contribution in [0.3, 0.4) is 0 Å². The van der Waals surface area contributed by atoms with Gasteiger partial charge in [-0.15, -0.1) is 0 Å². The van der Waals surface area contributed by atoms with Crippen LogP contribution in [0.2, 0.25) is 0 Å². The molecule has 3 rings (SSSR count). The van der Waals surface area contributed by atoms with Crippen molar-refractivity contribution in [2.45, 2.75) is 33.2 Å². The Hall–Kier alpha value is -2.82. The predicted octanol–water partition coefficient (Wildman–Crippen LogP) is 3.37. The van der Waals surface area contributed by atoms with Crippen molar-refractivity contribution < 1.29 is 9.59 Å². The molecule has 2 aromatic carbocycles. The zero-order chi connectivity index (χ0) is 19.9. The molecular weight excluding hydrogens is 350 g/mol. The Morgan fingerprint density at radius 3 is 2.71 bits per heavy atom. The van der Waals surface area contributed by atoms with Crippen molar-refractivity contribution in [2.75, 3.05) is 31.1 Å². The van der Waals surface area contributed by atoms with Gasteiger partial charge in [0.05, 0.1) is 0 Å². The number of anilines is 1. The van der Waals surface area contributed by atoms with Crippen LogP contribution in [-0.4, -0.2) is 42.9 Å². The number of carbonyl (C=O) groups excluding carboxylic acids is 2. The summed E-state index contributed by atoms with van der Waals surface area (Å²) in [4.78, 5) is 28.5. The summed E-state index contributed by atoms with van der Waals surface area (Å²) in [6, 6.07) is 16.0. The lowest BCUT2D eigenvalue weighted by Gasteiger charge is -2.23. The van der Waals surface area contributed by atoms with Crippen molar-refractivity contribution in [1.82, 2.24) is 10.2 Å². The van der Waals surface area contributed by atoms with E-state index in [1.165, 1.54) is 11.3 Å². The lowest BCUT2D eigenvalue weighted by atomic mass is 10.1. The molecule has 0 aromatic heterocycles. The number of aryl methyl sites for hydroxylation is 1. The molecule has 1 aliphatic rings. The first-order valence-corrected chi connectivity index (χ1v) is 10.0. The van der Waals surface area contributed by atoms with E-state index >= 15 is 0 Å². The second-order valence-electron chi connectivity index (χ2n) is 7.29. The van der Waals surface area contributed by atoms with Crippen molar-refractivity contribution in [1.29, 1.82) is 0 Å². The lowest BCUT2D eigenvalue weighted by Crippen LogP contribution is -2.35. The number of benzene rings is 2. The minimum atomic E-state index is -0.0742. The van der Waals surface area contributed by atoms with Crippen LogP contribution in [0.1, 0.15) is 41.3 Å². The van der Waals surface area contributed by atoms with E-state index in [0.717, 1.165) is 31.6 Å². The zero-order valence-electron chi connectivity index (χ0n) is 16.8. The Morgan fingerprint density at radius 1 is 1.18 bits per heavy atom. The maximum absolute atomic E-state index is 12.5. The molecule has 2 aromatic rings. The highest BCUT2D eigenvalue weighted by molar-refractivity contribution is 5.94. The summed E-state index contributed by atoms with van der Waals surface area (Å²) in [5, 5.41) is 3.02. The van der Waals surface area contributed by atoms with E-state index in [1.54, 1.807) is 0 Å². The molecule has 0 spiro atoms. The van der Waals surface area contributed by atoms with Crippen LogP contribution in [0, 0.1) is 6.92 Å². The monoisotopic (exact) mass is 379 g/mol. The molecule has 0 bridgehead atoms. The van der Waals surface area contributed by atoms with Gasteiger partial charge in [-0.25, -0.2) is 0 Å². The Balaban J connectivity index is 1.54. The molecule has 28 heavy (non-hydrogen) atoms. The molecule has 0 atom stereocenters. The van der Waals surface area contributed by atoms with Crippen LogP contribution < -0.4 is 10.2 Å². The molecule has 1 aliphatic heterocycles. The van der Waals surface area contributed by atoms with Crippen molar-refractivity contribution in [3.05, 3.63) is 65.2 Å². The van der Waals surface area contributed by atoms with Crippen LogP contribution >= 0.6 is 0 Å². The zero-order valence-corrected chi connectivity index (χ0v) is 16.8. The number of likely N-dealkylation sites (tertiary alicyclic amines) is 1. The number of carbonyl (C=O) groups is 2. The minimum Gasteiger partial charge on any atom is -0.370 e. The molecule has 1 heterocycles. The summed E-state index contributed by atoms with van der Waals surface area (Å²) in [7, 11) is 0. The van der Waals surface area contributed by atoms with Gasteiger partial charge < -0.3 is 15.1 Å². The van der Waals surface area contributed by atoms with E-state index in [0.29, 0.717) is 25.1 Å². The molecule has 0 unspecified atom stereocenters. The van der Waals surface area contributed by atoms with E-state index in [1.807, 2.05) is 29.2 Å². The van der Waals surface area contributed by atoms with Gasteiger partial charge in [0.15, 0.2) is 0 Å². The Morgan fingerprint density at radius 2 is 2.00 bits per heavy atom. The van der Waals surface area contributed by atoms with Gasteiger partial charge in [-0.1, -0.05) is 24.3 Å². The molecule has 5 nitrogen and oxygen atoms in total. The van der Waals surface area contributed by atoms with Crippen molar-refractivity contribution >= 4 is 17.5 Å². The highest BCUT2D eigenvalue weighted by Crippen LogP contribution is 2.16. The van der Waals surface area contributed by atoms with Gasteiger partial charge in [0.2, 0.25) is 5.91 Å². The fourth-order valence-electron chi connectivity index (χ4n) is 3.60. The normalized spacial score (nSPS) is 13.6. The molecule has 2 amide bonds. The van der Waals surface area contributed by atoms with Crippen LogP contribution in [-0.2, 0) is 11.3 Å². The summed E-state index contributed by atoms with van der Waals surface area (Å²) >= 11 is 0. The van der Waals surface area contributed by atoms with Gasteiger partial charge in [-0.2, -0.15) is 0 Å². The summed E-state index contributed by atoms with van der Waals surface area (Å²) in [5.41, 5.74) is 4.04. The summed E-state index contributed by atoms with van der Waals surface area (Å²) in [5.74, 6) is 0.126. The van der Waals surface area contributed by atoms with Gasteiger partial charge in [0, 0.05) is 50.4 Å². The standard InChI is InChI=1S/C23H29N3O2/c1-3-25(21-10-4-7-18(2)15-21)14-12-24-23(28)20-9-5-8-19(16-20)17-26-13-6-11-22(26)27/h4-5,7-10,15-16H,3,6,11-14,17H2,1-2H3,(H,24,28). The molecule has 0 aliphatic carbocycles. The van der Waals surface area contributed by atoms with Crippen LogP contribution in [0.4, 0.5) is 5.69 Å². The maximum atomic E-state index is 12.5. The number of amides is 2. The number of likely N-dealkylation sites (N-methyl/N-ethyl adjacent to an activating group) is 1. The molecule has 1 saturated heterocycles. The second-order valence-corrected chi connectivity index (χ2v) is 7.29. The first-order valence-electron chi connectivity index (χ1n) is 10.0. The molecule has 0 saturated carbocycles. The highest BCUT2D eigenvalue weighted by atomic mass is 16.2. The lowest BCUT2D eigenvalue weighted by molar-refractivity contribution is -0.128. The van der Waals surface area contributed by atoms with Gasteiger partial charge >= 0.3 is 0 Å². The van der Waals surface area contributed by atoms with Crippen molar-refractivity contribution in [3.63, 3.8) is 0 Å². The average molecular weight is 380 g/mol.